The molecule has 0 aromatic carbocycles. The Balaban J connectivity index is 2.62. The minimum absolute atomic E-state index is 0.0794. The van der Waals surface area contributed by atoms with Gasteiger partial charge in [-0.25, -0.2) is 0 Å². The zero-order valence-corrected chi connectivity index (χ0v) is 8.25. The summed E-state index contributed by atoms with van der Waals surface area (Å²) in [5, 5.41) is 2.45. The van der Waals surface area contributed by atoms with Crippen LogP contribution in [-0.2, 0) is 9.59 Å². The monoisotopic (exact) mass is 194 g/mol. The van der Waals surface area contributed by atoms with Crippen LogP contribution in [-0.4, -0.2) is 23.3 Å². The van der Waals surface area contributed by atoms with E-state index in [2.05, 4.69) is 11.9 Å². The minimum Gasteiger partial charge on any atom is -0.329 e. The van der Waals surface area contributed by atoms with E-state index in [0.29, 0.717) is 18.5 Å². The van der Waals surface area contributed by atoms with E-state index in [1.807, 2.05) is 0 Å². The Labute approximate surface area is 83.3 Å². The van der Waals surface area contributed by atoms with Crippen LogP contribution in [0, 0.1) is 0 Å². The third kappa shape index (κ3) is 2.45. The van der Waals surface area contributed by atoms with Crippen LogP contribution in [0.15, 0.2) is 24.6 Å². The van der Waals surface area contributed by atoms with Crippen LogP contribution >= 0.6 is 0 Å². The highest BCUT2D eigenvalue weighted by molar-refractivity contribution is 5.94. The molecule has 0 aliphatic carbocycles. The molecule has 1 heterocycles. The number of rotatable bonds is 3. The predicted molar refractivity (Wildman–Crippen MR) is 53.0 cm³/mol. The lowest BCUT2D eigenvalue weighted by Crippen LogP contribution is -2.23. The molecule has 4 nitrogen and oxygen atoms in total. The van der Waals surface area contributed by atoms with Gasteiger partial charge in [-0.05, 0) is 19.5 Å². The van der Waals surface area contributed by atoms with Crippen LogP contribution in [0.3, 0.4) is 0 Å². The van der Waals surface area contributed by atoms with Crippen molar-refractivity contribution in [2.45, 2.75) is 19.8 Å². The van der Waals surface area contributed by atoms with Crippen LogP contribution < -0.4 is 5.32 Å². The molecule has 1 rings (SSSR count). The highest BCUT2D eigenvalue weighted by Gasteiger charge is 2.18. The number of amides is 2. The van der Waals surface area contributed by atoms with Crippen LogP contribution in [0.1, 0.15) is 19.8 Å². The van der Waals surface area contributed by atoms with Gasteiger partial charge in [-0.15, -0.1) is 0 Å². The lowest BCUT2D eigenvalue weighted by atomic mass is 10.3. The Kier molecular flexibility index (Phi) is 3.45. The van der Waals surface area contributed by atoms with Crippen molar-refractivity contribution in [3.8, 4) is 0 Å². The number of carbonyl (C=O) groups excluding carboxylic acids is 2. The van der Waals surface area contributed by atoms with Crippen molar-refractivity contribution in [1.82, 2.24) is 10.2 Å². The second-order valence-electron chi connectivity index (χ2n) is 3.18. The summed E-state index contributed by atoms with van der Waals surface area (Å²) in [5.74, 6) is -0.143. The number of hydrogen-bond donors (Lipinski definition) is 1. The van der Waals surface area contributed by atoms with Crippen LogP contribution in [0.2, 0.25) is 0 Å². The third-order valence-corrected chi connectivity index (χ3v) is 2.05. The molecule has 1 fully saturated rings. The smallest absolute Gasteiger partial charge is 0.252 e. The van der Waals surface area contributed by atoms with Gasteiger partial charge in [0.05, 0.1) is 0 Å². The summed E-state index contributed by atoms with van der Waals surface area (Å²) in [4.78, 5) is 24.0. The summed E-state index contributed by atoms with van der Waals surface area (Å²) >= 11 is 0. The van der Waals surface area contributed by atoms with Gasteiger partial charge in [0.25, 0.3) is 5.91 Å². The standard InChI is InChI=1S/C10H14N2O2/c1-3-11-10(14)8(2)7-12-6-4-5-9(12)13/h3,7H,1,4-6H2,2H3,(H,11,14). The topological polar surface area (TPSA) is 49.4 Å². The Morgan fingerprint density at radius 3 is 2.86 bits per heavy atom. The molecule has 0 saturated carbocycles. The Hall–Kier alpha value is -1.58. The maximum absolute atomic E-state index is 11.2. The van der Waals surface area contributed by atoms with E-state index in [1.54, 1.807) is 18.0 Å². The largest absolute Gasteiger partial charge is 0.329 e. The summed E-state index contributed by atoms with van der Waals surface area (Å²) in [5.41, 5.74) is 0.514. The fourth-order valence-electron chi connectivity index (χ4n) is 1.30. The molecule has 76 valence electrons. The number of nitrogens with one attached hydrogen (secondary N) is 1. The molecule has 0 unspecified atom stereocenters. The molecule has 0 bridgehead atoms. The third-order valence-electron chi connectivity index (χ3n) is 2.05. The van der Waals surface area contributed by atoms with E-state index < -0.39 is 0 Å². The van der Waals surface area contributed by atoms with E-state index in [-0.39, 0.29) is 11.8 Å². The van der Waals surface area contributed by atoms with Gasteiger partial charge in [-0.2, -0.15) is 0 Å². The Morgan fingerprint density at radius 2 is 2.36 bits per heavy atom. The number of nitrogens with zero attached hydrogens (tertiary/aromatic N) is 1. The van der Waals surface area contributed by atoms with Gasteiger partial charge in [0.15, 0.2) is 0 Å². The molecular weight excluding hydrogens is 180 g/mol. The van der Waals surface area contributed by atoms with Gasteiger partial charge in [-0.1, -0.05) is 6.58 Å². The van der Waals surface area contributed by atoms with Crippen molar-refractivity contribution < 1.29 is 9.59 Å². The fourth-order valence-corrected chi connectivity index (χ4v) is 1.30. The average Bonchev–Trinajstić information content (AvgIpc) is 2.52. The predicted octanol–water partition coefficient (Wildman–Crippen LogP) is 0.772. The normalized spacial score (nSPS) is 17.1. The molecule has 14 heavy (non-hydrogen) atoms. The van der Waals surface area contributed by atoms with Gasteiger partial charge in [0.1, 0.15) is 0 Å². The summed E-state index contributed by atoms with van der Waals surface area (Å²) in [6.45, 7) is 5.77. The van der Waals surface area contributed by atoms with Gasteiger partial charge in [-0.3, -0.25) is 9.59 Å². The van der Waals surface area contributed by atoms with Crippen molar-refractivity contribution in [3.05, 3.63) is 24.6 Å². The molecule has 0 aromatic rings. The van der Waals surface area contributed by atoms with Crippen molar-refractivity contribution in [2.24, 2.45) is 0 Å². The van der Waals surface area contributed by atoms with Crippen molar-refractivity contribution in [3.63, 3.8) is 0 Å². The van der Waals surface area contributed by atoms with Crippen LogP contribution in [0.5, 0.6) is 0 Å². The molecule has 1 aliphatic rings. The Bertz CT molecular complexity index is 294. The fraction of sp³-hybridized carbons (Fsp3) is 0.400. The maximum atomic E-state index is 11.2. The highest BCUT2D eigenvalue weighted by atomic mass is 16.2. The molecule has 1 saturated heterocycles. The van der Waals surface area contributed by atoms with Gasteiger partial charge < -0.3 is 10.2 Å². The van der Waals surface area contributed by atoms with E-state index in [1.165, 1.54) is 6.20 Å². The van der Waals surface area contributed by atoms with Crippen molar-refractivity contribution >= 4 is 11.8 Å². The molecule has 0 atom stereocenters. The molecular formula is C10H14N2O2. The van der Waals surface area contributed by atoms with Crippen LogP contribution in [0.4, 0.5) is 0 Å². The number of carbonyl (C=O) groups is 2. The lowest BCUT2D eigenvalue weighted by molar-refractivity contribution is -0.125. The summed E-state index contributed by atoms with van der Waals surface area (Å²) in [7, 11) is 0. The highest BCUT2D eigenvalue weighted by Crippen LogP contribution is 2.11. The van der Waals surface area contributed by atoms with Crippen molar-refractivity contribution in [2.75, 3.05) is 6.54 Å². The zero-order valence-electron chi connectivity index (χ0n) is 8.25. The van der Waals surface area contributed by atoms with E-state index in [0.717, 1.165) is 6.42 Å². The lowest BCUT2D eigenvalue weighted by Gasteiger charge is -2.10. The average molecular weight is 194 g/mol. The summed E-state index contributed by atoms with van der Waals surface area (Å²) < 4.78 is 0. The maximum Gasteiger partial charge on any atom is 0.252 e. The first-order valence-electron chi connectivity index (χ1n) is 4.55. The molecule has 2 amide bonds. The molecule has 1 aliphatic heterocycles. The quantitative estimate of drug-likeness (QED) is 0.675. The number of likely N-dealkylation sites (tertiary alicyclic amines) is 1. The second-order valence-corrected chi connectivity index (χ2v) is 3.18. The Morgan fingerprint density at radius 1 is 1.64 bits per heavy atom. The van der Waals surface area contributed by atoms with Gasteiger partial charge in [0.2, 0.25) is 5.91 Å². The zero-order chi connectivity index (χ0) is 10.6. The molecule has 0 aromatic heterocycles. The minimum atomic E-state index is -0.222. The molecule has 1 N–H and O–H groups in total. The van der Waals surface area contributed by atoms with Gasteiger partial charge in [0, 0.05) is 24.7 Å². The first kappa shape index (κ1) is 10.5. The van der Waals surface area contributed by atoms with E-state index in [4.69, 9.17) is 0 Å². The van der Waals surface area contributed by atoms with E-state index >= 15 is 0 Å². The van der Waals surface area contributed by atoms with Gasteiger partial charge >= 0.3 is 0 Å². The number of hydrogen-bond acceptors (Lipinski definition) is 2. The first-order valence-corrected chi connectivity index (χ1v) is 4.55. The van der Waals surface area contributed by atoms with E-state index in [9.17, 15) is 9.59 Å². The first-order chi connectivity index (χ1) is 6.65. The summed E-state index contributed by atoms with van der Waals surface area (Å²) in [6.07, 6.45) is 4.36. The van der Waals surface area contributed by atoms with Crippen LogP contribution in [0.25, 0.3) is 0 Å². The molecule has 4 heteroatoms. The summed E-state index contributed by atoms with van der Waals surface area (Å²) in [6, 6.07) is 0. The SMILES string of the molecule is C=CNC(=O)C(C)=CN1CCCC1=O. The van der Waals surface area contributed by atoms with Crippen molar-refractivity contribution in [1.29, 1.82) is 0 Å². The second kappa shape index (κ2) is 4.60. The molecule has 0 spiro atoms. The molecule has 0 radical (unpaired) electrons.